The summed E-state index contributed by atoms with van der Waals surface area (Å²) in [4.78, 5) is 37.3. The van der Waals surface area contributed by atoms with E-state index in [1.807, 2.05) is 30.3 Å². The van der Waals surface area contributed by atoms with Gasteiger partial charge in [-0.25, -0.2) is 14.4 Å². The Morgan fingerprint density at radius 1 is 0.811 bits per heavy atom. The van der Waals surface area contributed by atoms with Crippen LogP contribution < -0.4 is 10.6 Å². The van der Waals surface area contributed by atoms with E-state index in [-0.39, 0.29) is 11.6 Å². The number of pyridine rings is 1. The normalized spacial score (nSPS) is 10.6. The van der Waals surface area contributed by atoms with Gasteiger partial charge in [0.1, 0.15) is 17.8 Å². The second kappa shape index (κ2) is 10.2. The SMILES string of the molecule is C=CC(=O)Nc1cccc(-c2cc(-c3ccc(C(=O)Nc4cccc(F)c4)nc3)cc3cncnc23)c1. The molecule has 0 aliphatic heterocycles. The maximum atomic E-state index is 13.4. The minimum atomic E-state index is -0.442. The molecule has 37 heavy (non-hydrogen) atoms. The van der Waals surface area contributed by atoms with Crippen molar-refractivity contribution in [2.75, 3.05) is 10.6 Å². The summed E-state index contributed by atoms with van der Waals surface area (Å²) in [5.74, 6) is -1.18. The molecule has 0 aliphatic rings. The van der Waals surface area contributed by atoms with Gasteiger partial charge in [0.2, 0.25) is 5.91 Å². The lowest BCUT2D eigenvalue weighted by molar-refractivity contribution is -0.111. The van der Waals surface area contributed by atoms with E-state index in [1.165, 1.54) is 30.6 Å². The third-order valence-corrected chi connectivity index (χ3v) is 5.64. The van der Waals surface area contributed by atoms with E-state index in [4.69, 9.17) is 0 Å². The molecule has 3 aromatic carbocycles. The molecule has 2 amide bonds. The minimum Gasteiger partial charge on any atom is -0.323 e. The number of carbonyl (C=O) groups is 2. The molecule has 0 saturated heterocycles. The summed E-state index contributed by atoms with van der Waals surface area (Å²) in [5, 5.41) is 6.24. The summed E-state index contributed by atoms with van der Waals surface area (Å²) in [6.07, 6.45) is 6.04. The molecule has 8 heteroatoms. The number of aromatic nitrogens is 3. The zero-order valence-electron chi connectivity index (χ0n) is 19.5. The standard InChI is InChI=1S/C29H20FN5O2/c1-2-27(36)34-23-7-3-5-18(12-23)25-13-20(11-21-15-31-17-33-28(21)25)19-9-10-26(32-16-19)29(37)35-24-8-4-6-22(30)14-24/h2-17H,1H2,(H,34,36)(H,35,37). The Balaban J connectivity index is 1.49. The first-order valence-corrected chi connectivity index (χ1v) is 11.3. The Kier molecular flexibility index (Phi) is 6.46. The van der Waals surface area contributed by atoms with Crippen LogP contribution in [0, 0.1) is 5.82 Å². The van der Waals surface area contributed by atoms with Crippen LogP contribution in [0.15, 0.2) is 104 Å². The largest absolute Gasteiger partial charge is 0.323 e. The van der Waals surface area contributed by atoms with Crippen LogP contribution in [-0.2, 0) is 4.79 Å². The average molecular weight is 490 g/mol. The second-order valence-electron chi connectivity index (χ2n) is 8.16. The number of rotatable bonds is 6. The zero-order chi connectivity index (χ0) is 25.8. The van der Waals surface area contributed by atoms with Crippen LogP contribution in [0.5, 0.6) is 0 Å². The van der Waals surface area contributed by atoms with Gasteiger partial charge >= 0.3 is 0 Å². The quantitative estimate of drug-likeness (QED) is 0.291. The highest BCUT2D eigenvalue weighted by Gasteiger charge is 2.13. The third kappa shape index (κ3) is 5.23. The van der Waals surface area contributed by atoms with Crippen LogP contribution in [0.2, 0.25) is 0 Å². The fourth-order valence-corrected chi connectivity index (χ4v) is 3.91. The van der Waals surface area contributed by atoms with Gasteiger partial charge in [0, 0.05) is 40.3 Å². The highest BCUT2D eigenvalue weighted by Crippen LogP contribution is 2.33. The predicted octanol–water partition coefficient (Wildman–Crippen LogP) is 5.87. The lowest BCUT2D eigenvalue weighted by atomic mass is 9.96. The Morgan fingerprint density at radius 2 is 1.62 bits per heavy atom. The molecule has 0 aliphatic carbocycles. The Morgan fingerprint density at radius 3 is 2.38 bits per heavy atom. The van der Waals surface area contributed by atoms with Gasteiger partial charge < -0.3 is 10.6 Å². The highest BCUT2D eigenvalue weighted by molar-refractivity contribution is 6.03. The van der Waals surface area contributed by atoms with Gasteiger partial charge in [-0.1, -0.05) is 30.8 Å². The number of amides is 2. The molecular formula is C29H20FN5O2. The number of hydrogen-bond acceptors (Lipinski definition) is 5. The number of carbonyl (C=O) groups excluding carboxylic acids is 2. The highest BCUT2D eigenvalue weighted by atomic mass is 19.1. The van der Waals surface area contributed by atoms with Crippen LogP contribution in [0.1, 0.15) is 10.5 Å². The number of nitrogens with zero attached hydrogens (tertiary/aromatic N) is 3. The second-order valence-corrected chi connectivity index (χ2v) is 8.16. The van der Waals surface area contributed by atoms with E-state index in [9.17, 15) is 14.0 Å². The summed E-state index contributed by atoms with van der Waals surface area (Å²) in [5.41, 5.74) is 5.26. The monoisotopic (exact) mass is 489 g/mol. The molecule has 5 aromatic rings. The van der Waals surface area contributed by atoms with E-state index < -0.39 is 11.7 Å². The Bertz CT molecular complexity index is 1650. The van der Waals surface area contributed by atoms with Gasteiger partial charge in [-0.3, -0.25) is 14.6 Å². The molecule has 0 saturated carbocycles. The molecule has 0 radical (unpaired) electrons. The van der Waals surface area contributed by atoms with Crippen LogP contribution in [0.3, 0.4) is 0 Å². The van der Waals surface area contributed by atoms with Crippen molar-refractivity contribution in [3.05, 3.63) is 116 Å². The van der Waals surface area contributed by atoms with Crippen LogP contribution in [0.4, 0.5) is 15.8 Å². The number of nitrogens with one attached hydrogen (secondary N) is 2. The smallest absolute Gasteiger partial charge is 0.274 e. The lowest BCUT2D eigenvalue weighted by Gasteiger charge is -2.12. The van der Waals surface area contributed by atoms with Crippen molar-refractivity contribution in [1.82, 2.24) is 15.0 Å². The molecule has 2 aromatic heterocycles. The lowest BCUT2D eigenvalue weighted by Crippen LogP contribution is -2.13. The molecule has 2 N–H and O–H groups in total. The van der Waals surface area contributed by atoms with E-state index in [1.54, 1.807) is 36.7 Å². The van der Waals surface area contributed by atoms with Gasteiger partial charge in [-0.15, -0.1) is 0 Å². The number of halogens is 1. The molecule has 0 atom stereocenters. The van der Waals surface area contributed by atoms with E-state index >= 15 is 0 Å². The molecule has 0 bridgehead atoms. The van der Waals surface area contributed by atoms with E-state index in [0.717, 1.165) is 33.2 Å². The first-order chi connectivity index (χ1) is 18.0. The number of hydrogen-bond donors (Lipinski definition) is 2. The van der Waals surface area contributed by atoms with Crippen molar-refractivity contribution in [2.24, 2.45) is 0 Å². The average Bonchev–Trinajstić information content (AvgIpc) is 2.92. The maximum Gasteiger partial charge on any atom is 0.274 e. The Hall–Kier alpha value is -5.24. The fourth-order valence-electron chi connectivity index (χ4n) is 3.91. The summed E-state index contributed by atoms with van der Waals surface area (Å²) in [7, 11) is 0. The van der Waals surface area contributed by atoms with Gasteiger partial charge in [0.05, 0.1) is 5.52 Å². The fraction of sp³-hybridized carbons (Fsp3) is 0. The van der Waals surface area contributed by atoms with Crippen LogP contribution in [-0.4, -0.2) is 26.8 Å². The van der Waals surface area contributed by atoms with Crippen molar-refractivity contribution in [3.8, 4) is 22.3 Å². The van der Waals surface area contributed by atoms with Gasteiger partial charge in [0.15, 0.2) is 0 Å². The van der Waals surface area contributed by atoms with Crippen molar-refractivity contribution in [3.63, 3.8) is 0 Å². The van der Waals surface area contributed by atoms with Gasteiger partial charge in [-0.05, 0) is 65.7 Å². The molecular weight excluding hydrogens is 469 g/mol. The summed E-state index contributed by atoms with van der Waals surface area (Å²) >= 11 is 0. The molecule has 2 heterocycles. The molecule has 0 fully saturated rings. The number of anilines is 2. The van der Waals surface area contributed by atoms with Gasteiger partial charge in [-0.2, -0.15) is 0 Å². The topological polar surface area (TPSA) is 96.9 Å². The summed E-state index contributed by atoms with van der Waals surface area (Å²) in [6.45, 7) is 3.49. The van der Waals surface area contributed by atoms with Crippen molar-refractivity contribution < 1.29 is 14.0 Å². The van der Waals surface area contributed by atoms with Crippen LogP contribution >= 0.6 is 0 Å². The molecule has 180 valence electrons. The van der Waals surface area contributed by atoms with E-state index in [0.29, 0.717) is 11.4 Å². The summed E-state index contributed by atoms with van der Waals surface area (Å²) < 4.78 is 13.4. The molecule has 0 unspecified atom stereocenters. The maximum absolute atomic E-state index is 13.4. The first-order valence-electron chi connectivity index (χ1n) is 11.3. The number of fused-ring (bicyclic) bond motifs is 1. The van der Waals surface area contributed by atoms with Crippen molar-refractivity contribution in [1.29, 1.82) is 0 Å². The predicted molar refractivity (Wildman–Crippen MR) is 141 cm³/mol. The number of benzene rings is 3. The van der Waals surface area contributed by atoms with Crippen molar-refractivity contribution in [2.45, 2.75) is 0 Å². The summed E-state index contributed by atoms with van der Waals surface area (Å²) in [6, 6.07) is 20.4. The first kappa shape index (κ1) is 23.5. The third-order valence-electron chi connectivity index (χ3n) is 5.64. The molecule has 5 rings (SSSR count). The van der Waals surface area contributed by atoms with E-state index in [2.05, 4.69) is 32.2 Å². The minimum absolute atomic E-state index is 0.197. The zero-order valence-corrected chi connectivity index (χ0v) is 19.5. The molecule has 0 spiro atoms. The molecule has 7 nitrogen and oxygen atoms in total. The Labute approximate surface area is 211 Å². The van der Waals surface area contributed by atoms with Gasteiger partial charge in [0.25, 0.3) is 5.91 Å². The van der Waals surface area contributed by atoms with Crippen molar-refractivity contribution >= 4 is 34.1 Å². The van der Waals surface area contributed by atoms with Crippen LogP contribution in [0.25, 0.3) is 33.2 Å².